The molecular weight excluding hydrogens is 438 g/mol. The van der Waals surface area contributed by atoms with E-state index in [9.17, 15) is 22.4 Å². The van der Waals surface area contributed by atoms with Crippen molar-refractivity contribution in [2.24, 2.45) is 0 Å². The number of halogens is 4. The lowest BCUT2D eigenvalue weighted by Crippen LogP contribution is -2.50. The monoisotopic (exact) mass is 467 g/mol. The summed E-state index contributed by atoms with van der Waals surface area (Å²) in [7, 11) is 0. The SMILES string of the molecule is CC(C)(C)OC(=O)N1C[C@H](F)CC[C@@H]1C[C@H](Oc1ccc(C(F)(F)F)cc1)c1ccccc1. The van der Waals surface area contributed by atoms with E-state index in [2.05, 4.69) is 0 Å². The van der Waals surface area contributed by atoms with Gasteiger partial charge in [-0.25, -0.2) is 9.18 Å². The Labute approximate surface area is 191 Å². The Kier molecular flexibility index (Phi) is 7.55. The van der Waals surface area contributed by atoms with E-state index < -0.39 is 35.7 Å². The number of carbonyl (C=O) groups excluding carboxylic acids is 1. The Morgan fingerprint density at radius 1 is 1.03 bits per heavy atom. The molecule has 0 spiro atoms. The number of hydrogen-bond acceptors (Lipinski definition) is 3. The van der Waals surface area contributed by atoms with Crippen LogP contribution in [0.5, 0.6) is 5.75 Å². The molecule has 1 aliphatic rings. The molecule has 1 aliphatic heterocycles. The predicted molar refractivity (Wildman–Crippen MR) is 117 cm³/mol. The lowest BCUT2D eigenvalue weighted by molar-refractivity contribution is -0.137. The number of carbonyl (C=O) groups is 1. The van der Waals surface area contributed by atoms with Crippen molar-refractivity contribution in [3.8, 4) is 5.75 Å². The zero-order valence-electron chi connectivity index (χ0n) is 18.9. The first-order valence-corrected chi connectivity index (χ1v) is 10.9. The van der Waals surface area contributed by atoms with Crippen molar-refractivity contribution in [2.45, 2.75) is 70.1 Å². The number of amides is 1. The first-order chi connectivity index (χ1) is 15.4. The molecule has 0 N–H and O–H groups in total. The van der Waals surface area contributed by atoms with Gasteiger partial charge in [0.15, 0.2) is 0 Å². The van der Waals surface area contributed by atoms with Crippen molar-refractivity contribution < 1.29 is 31.8 Å². The van der Waals surface area contributed by atoms with E-state index >= 15 is 0 Å². The molecule has 0 aliphatic carbocycles. The van der Waals surface area contributed by atoms with Crippen LogP contribution in [-0.2, 0) is 10.9 Å². The van der Waals surface area contributed by atoms with Gasteiger partial charge in [0.05, 0.1) is 12.1 Å². The highest BCUT2D eigenvalue weighted by Gasteiger charge is 2.36. The number of rotatable bonds is 5. The third-order valence-corrected chi connectivity index (χ3v) is 5.39. The lowest BCUT2D eigenvalue weighted by atomic mass is 9.93. The summed E-state index contributed by atoms with van der Waals surface area (Å²) in [6, 6.07) is 13.4. The van der Waals surface area contributed by atoms with Gasteiger partial charge in [0.1, 0.15) is 23.6 Å². The molecule has 0 saturated carbocycles. The fourth-order valence-corrected chi connectivity index (χ4v) is 3.83. The maximum absolute atomic E-state index is 14.2. The summed E-state index contributed by atoms with van der Waals surface area (Å²) in [6.45, 7) is 5.17. The first kappa shape index (κ1) is 24.9. The topological polar surface area (TPSA) is 38.8 Å². The van der Waals surface area contributed by atoms with Crippen LogP contribution in [0, 0.1) is 0 Å². The Bertz CT molecular complexity index is 910. The molecule has 0 bridgehead atoms. The molecule has 33 heavy (non-hydrogen) atoms. The maximum Gasteiger partial charge on any atom is 0.416 e. The van der Waals surface area contributed by atoms with Crippen LogP contribution in [0.3, 0.4) is 0 Å². The number of ether oxygens (including phenoxy) is 2. The van der Waals surface area contributed by atoms with E-state index in [-0.39, 0.29) is 18.3 Å². The van der Waals surface area contributed by atoms with Gasteiger partial charge in [-0.15, -0.1) is 0 Å². The second-order valence-electron chi connectivity index (χ2n) is 9.24. The zero-order valence-corrected chi connectivity index (χ0v) is 18.9. The second-order valence-corrected chi connectivity index (χ2v) is 9.24. The third-order valence-electron chi connectivity index (χ3n) is 5.39. The molecule has 2 aromatic carbocycles. The lowest BCUT2D eigenvalue weighted by Gasteiger charge is -2.39. The van der Waals surface area contributed by atoms with E-state index in [1.165, 1.54) is 17.0 Å². The van der Waals surface area contributed by atoms with Gasteiger partial charge in [-0.2, -0.15) is 13.2 Å². The minimum absolute atomic E-state index is 0.0681. The van der Waals surface area contributed by atoms with Gasteiger partial charge >= 0.3 is 12.3 Å². The van der Waals surface area contributed by atoms with Crippen molar-refractivity contribution in [3.05, 3.63) is 65.7 Å². The fourth-order valence-electron chi connectivity index (χ4n) is 3.83. The van der Waals surface area contributed by atoms with Gasteiger partial charge in [-0.05, 0) is 63.4 Å². The Morgan fingerprint density at radius 3 is 2.24 bits per heavy atom. The van der Waals surface area contributed by atoms with Crippen LogP contribution < -0.4 is 4.74 Å². The molecule has 1 amide bonds. The Morgan fingerprint density at radius 2 is 1.67 bits per heavy atom. The molecule has 0 unspecified atom stereocenters. The van der Waals surface area contributed by atoms with Gasteiger partial charge < -0.3 is 14.4 Å². The quantitative estimate of drug-likeness (QED) is 0.447. The number of alkyl halides is 4. The predicted octanol–water partition coefficient (Wildman–Crippen LogP) is 6.95. The van der Waals surface area contributed by atoms with Gasteiger partial charge in [0.2, 0.25) is 0 Å². The largest absolute Gasteiger partial charge is 0.486 e. The number of piperidine rings is 1. The van der Waals surface area contributed by atoms with Gasteiger partial charge in [-0.3, -0.25) is 0 Å². The minimum atomic E-state index is -4.43. The molecular formula is C25H29F4NO3. The van der Waals surface area contributed by atoms with E-state index in [0.717, 1.165) is 17.7 Å². The van der Waals surface area contributed by atoms with Crippen LogP contribution in [0.15, 0.2) is 54.6 Å². The number of benzene rings is 2. The van der Waals surface area contributed by atoms with Crippen molar-refractivity contribution in [3.63, 3.8) is 0 Å². The van der Waals surface area contributed by atoms with Crippen LogP contribution in [0.25, 0.3) is 0 Å². The smallest absolute Gasteiger partial charge is 0.416 e. The molecule has 0 radical (unpaired) electrons. The van der Waals surface area contributed by atoms with Crippen LogP contribution in [0.1, 0.15) is 57.3 Å². The summed E-state index contributed by atoms with van der Waals surface area (Å²) in [6.07, 6.45) is -5.62. The Balaban J connectivity index is 1.82. The van der Waals surface area contributed by atoms with Crippen LogP contribution in [0.4, 0.5) is 22.4 Å². The summed E-state index contributed by atoms with van der Waals surface area (Å²) in [5.74, 6) is 0.278. The van der Waals surface area contributed by atoms with Crippen molar-refractivity contribution in [1.29, 1.82) is 0 Å². The van der Waals surface area contributed by atoms with Gasteiger partial charge in [0.25, 0.3) is 0 Å². The minimum Gasteiger partial charge on any atom is -0.486 e. The van der Waals surface area contributed by atoms with Crippen molar-refractivity contribution in [1.82, 2.24) is 4.90 Å². The molecule has 1 fully saturated rings. The summed E-state index contributed by atoms with van der Waals surface area (Å²) < 4.78 is 64.4. The molecule has 3 rings (SSSR count). The standard InChI is InChI=1S/C25H29F4NO3/c1-24(2,3)33-23(31)30-16-19(26)11-12-20(30)15-22(17-7-5-4-6-8-17)32-21-13-9-18(10-14-21)25(27,28)29/h4-10,13-14,19-20,22H,11-12,15-16H2,1-3H3/t19-,20-,22+/m1/s1. The highest BCUT2D eigenvalue weighted by atomic mass is 19.4. The van der Waals surface area contributed by atoms with Gasteiger partial charge in [0, 0.05) is 12.5 Å². The zero-order chi connectivity index (χ0) is 24.2. The number of nitrogens with zero attached hydrogens (tertiary/aromatic N) is 1. The van der Waals surface area contributed by atoms with E-state index in [1.54, 1.807) is 20.8 Å². The van der Waals surface area contributed by atoms with Crippen LogP contribution in [-0.4, -0.2) is 35.4 Å². The maximum atomic E-state index is 14.2. The van der Waals surface area contributed by atoms with Gasteiger partial charge in [-0.1, -0.05) is 30.3 Å². The number of likely N-dealkylation sites (tertiary alicyclic amines) is 1. The summed E-state index contributed by atoms with van der Waals surface area (Å²) >= 11 is 0. The normalized spacial score (nSPS) is 20.3. The second kappa shape index (κ2) is 10.0. The third kappa shape index (κ3) is 7.11. The highest BCUT2D eigenvalue weighted by Crippen LogP contribution is 2.34. The molecule has 1 saturated heterocycles. The number of hydrogen-bond donors (Lipinski definition) is 0. The van der Waals surface area contributed by atoms with Crippen molar-refractivity contribution >= 4 is 6.09 Å². The molecule has 3 atom stereocenters. The van der Waals surface area contributed by atoms with E-state index in [1.807, 2.05) is 30.3 Å². The molecule has 0 aromatic heterocycles. The molecule has 2 aromatic rings. The average Bonchev–Trinajstić information content (AvgIpc) is 2.73. The van der Waals surface area contributed by atoms with Crippen LogP contribution >= 0.6 is 0 Å². The molecule has 180 valence electrons. The molecule has 1 heterocycles. The summed E-state index contributed by atoms with van der Waals surface area (Å²) in [5.41, 5.74) is -0.673. The first-order valence-electron chi connectivity index (χ1n) is 10.9. The van der Waals surface area contributed by atoms with E-state index in [0.29, 0.717) is 19.3 Å². The summed E-state index contributed by atoms with van der Waals surface area (Å²) in [5, 5.41) is 0. The fraction of sp³-hybridized carbons (Fsp3) is 0.480. The molecule has 4 nitrogen and oxygen atoms in total. The molecule has 8 heteroatoms. The van der Waals surface area contributed by atoms with Crippen molar-refractivity contribution in [2.75, 3.05) is 6.54 Å². The highest BCUT2D eigenvalue weighted by molar-refractivity contribution is 5.68. The van der Waals surface area contributed by atoms with E-state index in [4.69, 9.17) is 9.47 Å². The summed E-state index contributed by atoms with van der Waals surface area (Å²) in [4.78, 5) is 14.2. The Hall–Kier alpha value is -2.77. The van der Waals surface area contributed by atoms with Crippen LogP contribution in [0.2, 0.25) is 0 Å². The average molecular weight is 468 g/mol.